The Kier molecular flexibility index (Phi) is 6.01. The summed E-state index contributed by atoms with van der Waals surface area (Å²) in [6, 6.07) is 3.90. The van der Waals surface area contributed by atoms with Crippen molar-refractivity contribution in [3.63, 3.8) is 0 Å². The van der Waals surface area contributed by atoms with Crippen LogP contribution in [-0.2, 0) is 30.0 Å². The van der Waals surface area contributed by atoms with Crippen molar-refractivity contribution in [3.8, 4) is 11.3 Å². The third kappa shape index (κ3) is 4.40. The maximum atomic E-state index is 13.6. The summed E-state index contributed by atoms with van der Waals surface area (Å²) in [7, 11) is 0. The quantitative estimate of drug-likeness (QED) is 0.475. The number of hydrogen-bond acceptors (Lipinski definition) is 1. The zero-order valence-corrected chi connectivity index (χ0v) is 14.6. The zero-order valence-electron chi connectivity index (χ0n) is 13.9. The molecular formula is C16H11ClF9NO. The molecule has 0 N–H and O–H groups in total. The van der Waals surface area contributed by atoms with Crippen LogP contribution >= 0.6 is 11.6 Å². The number of halogens is 10. The van der Waals surface area contributed by atoms with E-state index in [1.807, 2.05) is 0 Å². The van der Waals surface area contributed by atoms with E-state index >= 15 is 0 Å². The Hall–Kier alpha value is -1.88. The van der Waals surface area contributed by atoms with Crippen LogP contribution in [0.25, 0.3) is 11.3 Å². The highest BCUT2D eigenvalue weighted by molar-refractivity contribution is 6.30. The molecule has 0 aliphatic heterocycles. The molecule has 0 aliphatic carbocycles. The van der Waals surface area contributed by atoms with Gasteiger partial charge >= 0.3 is 18.5 Å². The summed E-state index contributed by atoms with van der Waals surface area (Å²) in [5.41, 5.74) is -9.56. The van der Waals surface area contributed by atoms with Crippen LogP contribution in [-0.4, -0.2) is 11.2 Å². The topological polar surface area (TPSA) is 14.2 Å². The predicted octanol–water partition coefficient (Wildman–Crippen LogP) is 6.86. The standard InChI is InChI=1S/C16H11ClF9NO/c1-2-28-7-27-12(8-3-5-9(17)6-4-8)10(14(18,19)20)11(15(21,22)23)13(27)16(24,25)26/h3-6H,2,7H2,1H3. The number of ether oxygens (including phenoxy) is 1. The number of aromatic nitrogens is 1. The first kappa shape index (κ1) is 22.4. The molecule has 0 spiro atoms. The molecule has 1 aromatic heterocycles. The summed E-state index contributed by atoms with van der Waals surface area (Å²) in [5, 5.41) is 0.0345. The summed E-state index contributed by atoms with van der Waals surface area (Å²) in [4.78, 5) is 0. The number of alkyl halides is 9. The van der Waals surface area contributed by atoms with Gasteiger partial charge in [-0.2, -0.15) is 39.5 Å². The van der Waals surface area contributed by atoms with Crippen LogP contribution < -0.4 is 0 Å². The average molecular weight is 440 g/mol. The summed E-state index contributed by atoms with van der Waals surface area (Å²) < 4.78 is 126. The Bertz CT molecular complexity index is 832. The van der Waals surface area contributed by atoms with Crippen LogP contribution in [0.4, 0.5) is 39.5 Å². The first-order valence-electron chi connectivity index (χ1n) is 7.51. The van der Waals surface area contributed by atoms with Gasteiger partial charge in [-0.3, -0.25) is 0 Å². The van der Waals surface area contributed by atoms with E-state index in [2.05, 4.69) is 0 Å². The number of benzene rings is 1. The average Bonchev–Trinajstić information content (AvgIpc) is 2.89. The second kappa shape index (κ2) is 7.51. The van der Waals surface area contributed by atoms with Crippen LogP contribution in [0.5, 0.6) is 0 Å². The van der Waals surface area contributed by atoms with E-state index in [4.69, 9.17) is 16.3 Å². The first-order chi connectivity index (χ1) is 12.7. The maximum absolute atomic E-state index is 13.6. The third-order valence-corrected chi connectivity index (χ3v) is 3.89. The molecule has 156 valence electrons. The van der Waals surface area contributed by atoms with Gasteiger partial charge in [0.2, 0.25) is 0 Å². The van der Waals surface area contributed by atoms with Crippen LogP contribution in [0.15, 0.2) is 24.3 Å². The van der Waals surface area contributed by atoms with Crippen molar-refractivity contribution >= 4 is 11.6 Å². The molecule has 2 nitrogen and oxygen atoms in total. The van der Waals surface area contributed by atoms with E-state index in [0.29, 0.717) is 0 Å². The molecule has 0 aliphatic rings. The Morgan fingerprint density at radius 1 is 0.821 bits per heavy atom. The molecule has 2 aromatic rings. The van der Waals surface area contributed by atoms with Crippen LogP contribution in [0.3, 0.4) is 0 Å². The normalized spacial score (nSPS) is 13.2. The minimum atomic E-state index is -5.92. The van der Waals surface area contributed by atoms with Crippen molar-refractivity contribution in [2.45, 2.75) is 32.2 Å². The summed E-state index contributed by atoms with van der Waals surface area (Å²) in [6.07, 6.45) is -17.4. The Labute approximate surface area is 157 Å². The van der Waals surface area contributed by atoms with E-state index in [9.17, 15) is 39.5 Å². The molecule has 12 heteroatoms. The Morgan fingerprint density at radius 2 is 1.32 bits per heavy atom. The summed E-state index contributed by atoms with van der Waals surface area (Å²) in [6.45, 7) is -0.0746. The van der Waals surface area contributed by atoms with Crippen molar-refractivity contribution in [2.75, 3.05) is 6.61 Å². The molecule has 2 rings (SSSR count). The van der Waals surface area contributed by atoms with E-state index in [0.717, 1.165) is 24.3 Å². The molecule has 0 saturated heterocycles. The summed E-state index contributed by atoms with van der Waals surface area (Å²) >= 11 is 5.62. The van der Waals surface area contributed by atoms with Gasteiger partial charge < -0.3 is 9.30 Å². The molecule has 0 fully saturated rings. The lowest BCUT2D eigenvalue weighted by molar-refractivity contribution is -0.175. The van der Waals surface area contributed by atoms with Crippen LogP contribution in [0.1, 0.15) is 23.7 Å². The monoisotopic (exact) mass is 439 g/mol. The van der Waals surface area contributed by atoms with Gasteiger partial charge in [0, 0.05) is 11.6 Å². The molecule has 0 saturated carbocycles. The van der Waals surface area contributed by atoms with Crippen molar-refractivity contribution in [1.82, 2.24) is 4.57 Å². The van der Waals surface area contributed by atoms with E-state index in [1.165, 1.54) is 6.92 Å². The van der Waals surface area contributed by atoms with Crippen molar-refractivity contribution < 1.29 is 44.3 Å². The molecule has 0 amide bonds. The first-order valence-corrected chi connectivity index (χ1v) is 7.89. The highest BCUT2D eigenvalue weighted by Crippen LogP contribution is 2.52. The van der Waals surface area contributed by atoms with Gasteiger partial charge in [-0.1, -0.05) is 23.7 Å². The van der Waals surface area contributed by atoms with Crippen LogP contribution in [0, 0.1) is 0 Å². The zero-order chi connectivity index (χ0) is 21.5. The highest BCUT2D eigenvalue weighted by atomic mass is 35.5. The number of hydrogen-bond donors (Lipinski definition) is 0. The van der Waals surface area contributed by atoms with Gasteiger partial charge in [0.05, 0.1) is 16.8 Å². The maximum Gasteiger partial charge on any atom is 0.432 e. The summed E-state index contributed by atoms with van der Waals surface area (Å²) in [5.74, 6) is 0. The second-order valence-electron chi connectivity index (χ2n) is 5.50. The largest absolute Gasteiger partial charge is 0.432 e. The van der Waals surface area contributed by atoms with Gasteiger partial charge in [0.25, 0.3) is 0 Å². The van der Waals surface area contributed by atoms with Crippen molar-refractivity contribution in [3.05, 3.63) is 46.1 Å². The van der Waals surface area contributed by atoms with Crippen LogP contribution in [0.2, 0.25) is 5.02 Å². The Morgan fingerprint density at radius 3 is 1.71 bits per heavy atom. The minimum absolute atomic E-state index is 0.0345. The van der Waals surface area contributed by atoms with E-state index in [1.54, 1.807) is 0 Å². The predicted molar refractivity (Wildman–Crippen MR) is 81.5 cm³/mol. The second-order valence-corrected chi connectivity index (χ2v) is 5.93. The van der Waals surface area contributed by atoms with Gasteiger partial charge in [-0.25, -0.2) is 0 Å². The Balaban J connectivity index is 3.06. The SMILES string of the molecule is CCOCn1c(-c2ccc(Cl)cc2)c(C(F)(F)F)c(C(F)(F)F)c1C(F)(F)F. The molecule has 0 bridgehead atoms. The van der Waals surface area contributed by atoms with Gasteiger partial charge in [0.1, 0.15) is 12.4 Å². The highest BCUT2D eigenvalue weighted by Gasteiger charge is 2.55. The third-order valence-electron chi connectivity index (χ3n) is 3.64. The number of nitrogens with zero attached hydrogens (tertiary/aromatic N) is 1. The van der Waals surface area contributed by atoms with E-state index < -0.39 is 53.3 Å². The molecule has 1 heterocycles. The fraction of sp³-hybridized carbons (Fsp3) is 0.375. The van der Waals surface area contributed by atoms with Gasteiger partial charge in [0.15, 0.2) is 0 Å². The lowest BCUT2D eigenvalue weighted by Gasteiger charge is -2.17. The molecular weight excluding hydrogens is 429 g/mol. The molecule has 28 heavy (non-hydrogen) atoms. The van der Waals surface area contributed by atoms with Crippen molar-refractivity contribution in [2.24, 2.45) is 0 Å². The fourth-order valence-corrected chi connectivity index (χ4v) is 2.81. The molecule has 0 atom stereocenters. The van der Waals surface area contributed by atoms with Gasteiger partial charge in [-0.05, 0) is 24.6 Å². The van der Waals surface area contributed by atoms with Gasteiger partial charge in [-0.15, -0.1) is 0 Å². The smallest absolute Gasteiger partial charge is 0.361 e. The van der Waals surface area contributed by atoms with Crippen molar-refractivity contribution in [1.29, 1.82) is 0 Å². The molecule has 1 aromatic carbocycles. The van der Waals surface area contributed by atoms with E-state index in [-0.39, 0.29) is 16.2 Å². The lowest BCUT2D eigenvalue weighted by Crippen LogP contribution is -2.22. The molecule has 0 radical (unpaired) electrons. The minimum Gasteiger partial charge on any atom is -0.361 e. The fourth-order valence-electron chi connectivity index (χ4n) is 2.68. The molecule has 0 unspecified atom stereocenters. The lowest BCUT2D eigenvalue weighted by atomic mass is 10.0. The number of rotatable bonds is 4.